The van der Waals surface area contributed by atoms with Gasteiger partial charge in [-0.3, -0.25) is 0 Å². The van der Waals surface area contributed by atoms with Crippen LogP contribution in [-0.4, -0.2) is 19.2 Å². The average molecular weight is 180 g/mol. The number of carbonyl (C=O) groups is 1. The molecule has 0 saturated carbocycles. The summed E-state index contributed by atoms with van der Waals surface area (Å²) in [7, 11) is 0. The smallest absolute Gasteiger partial charge is 0.550 e. The number of carboxylic acids is 1. The molecule has 64 valence electrons. The van der Waals surface area contributed by atoms with E-state index in [0.717, 1.165) is 6.92 Å². The first-order valence-electron chi connectivity index (χ1n) is 3.12. The van der Waals surface area contributed by atoms with Crippen LogP contribution >= 0.6 is 0 Å². The standard InChI is InChI=1S/C6H10O.C2H4O2.Na/c1-3-5-7-6-4-2;1-2(3)4;/h3-4H,1-2,5-6H2;1H3,(H,3,4);/q;;+1/p-1. The van der Waals surface area contributed by atoms with Gasteiger partial charge in [-0.15, -0.1) is 13.2 Å². The normalized spacial score (nSPS) is 6.75. The van der Waals surface area contributed by atoms with E-state index >= 15 is 0 Å². The Morgan fingerprint density at radius 3 is 1.83 bits per heavy atom. The third-order valence-electron chi connectivity index (χ3n) is 0.471. The number of carboxylic acid groups (broad SMARTS) is 1. The molecule has 0 aromatic heterocycles. The van der Waals surface area contributed by atoms with Gasteiger partial charge in [0.05, 0.1) is 13.2 Å². The molecule has 0 spiro atoms. The quantitative estimate of drug-likeness (QED) is 0.265. The third-order valence-corrected chi connectivity index (χ3v) is 0.471. The minimum Gasteiger partial charge on any atom is -0.550 e. The number of carbonyl (C=O) groups excluding carboxylic acids is 1. The van der Waals surface area contributed by atoms with Crippen molar-refractivity contribution in [3.63, 3.8) is 0 Å². The molecule has 0 amide bonds. The molecule has 0 saturated heterocycles. The maximum absolute atomic E-state index is 8.89. The molecule has 0 rings (SSSR count). The summed E-state index contributed by atoms with van der Waals surface area (Å²) < 4.78 is 4.90. The fourth-order valence-corrected chi connectivity index (χ4v) is 0.235. The first-order valence-corrected chi connectivity index (χ1v) is 3.12. The van der Waals surface area contributed by atoms with E-state index in [9.17, 15) is 0 Å². The van der Waals surface area contributed by atoms with Crippen LogP contribution in [0.3, 0.4) is 0 Å². The molecular weight excluding hydrogens is 167 g/mol. The van der Waals surface area contributed by atoms with Crippen molar-refractivity contribution >= 4 is 5.97 Å². The maximum Gasteiger partial charge on any atom is 1.00 e. The molecule has 0 bridgehead atoms. The molecule has 3 nitrogen and oxygen atoms in total. The Kier molecular flexibility index (Phi) is 25.5. The van der Waals surface area contributed by atoms with E-state index in [4.69, 9.17) is 14.6 Å². The molecule has 4 heteroatoms. The summed E-state index contributed by atoms with van der Waals surface area (Å²) in [5.41, 5.74) is 0. The Labute approximate surface area is 95.4 Å². The van der Waals surface area contributed by atoms with E-state index in [2.05, 4.69) is 13.2 Å². The molecule has 0 aliphatic carbocycles. The monoisotopic (exact) mass is 180 g/mol. The molecule has 0 atom stereocenters. The zero-order valence-corrected chi connectivity index (χ0v) is 9.71. The number of rotatable bonds is 4. The SMILES string of the molecule is C=CCOCC=C.CC(=O)[O-].[Na+]. The molecule has 0 aromatic carbocycles. The van der Waals surface area contributed by atoms with Gasteiger partial charge in [0, 0.05) is 5.97 Å². The van der Waals surface area contributed by atoms with Gasteiger partial charge in [0.1, 0.15) is 0 Å². The van der Waals surface area contributed by atoms with Gasteiger partial charge in [0.25, 0.3) is 0 Å². The Hall–Kier alpha value is -0.0900. The molecule has 0 aromatic rings. The van der Waals surface area contributed by atoms with Crippen LogP contribution in [0, 0.1) is 0 Å². The summed E-state index contributed by atoms with van der Waals surface area (Å²) in [5, 5.41) is 8.89. The van der Waals surface area contributed by atoms with Crippen molar-refractivity contribution in [2.75, 3.05) is 13.2 Å². The fraction of sp³-hybridized carbons (Fsp3) is 0.375. The van der Waals surface area contributed by atoms with E-state index in [1.807, 2.05) is 0 Å². The van der Waals surface area contributed by atoms with E-state index in [0.29, 0.717) is 13.2 Å². The Bertz CT molecular complexity index is 111. The van der Waals surface area contributed by atoms with E-state index < -0.39 is 5.97 Å². The minimum atomic E-state index is -1.08. The summed E-state index contributed by atoms with van der Waals surface area (Å²) in [6, 6.07) is 0. The minimum absolute atomic E-state index is 0. The van der Waals surface area contributed by atoms with E-state index in [1.165, 1.54) is 0 Å². The van der Waals surface area contributed by atoms with Gasteiger partial charge in [0.15, 0.2) is 0 Å². The fourth-order valence-electron chi connectivity index (χ4n) is 0.235. The van der Waals surface area contributed by atoms with Crippen LogP contribution in [0.5, 0.6) is 0 Å². The van der Waals surface area contributed by atoms with Gasteiger partial charge in [-0.2, -0.15) is 0 Å². The summed E-state index contributed by atoms with van der Waals surface area (Å²) in [6.07, 6.45) is 3.42. The van der Waals surface area contributed by atoms with Gasteiger partial charge < -0.3 is 14.6 Å². The predicted molar refractivity (Wildman–Crippen MR) is 41.9 cm³/mol. The molecule has 0 radical (unpaired) electrons. The van der Waals surface area contributed by atoms with Crippen LogP contribution in [0.25, 0.3) is 0 Å². The molecule has 0 N–H and O–H groups in total. The molecule has 12 heavy (non-hydrogen) atoms. The van der Waals surface area contributed by atoms with Crippen molar-refractivity contribution in [2.24, 2.45) is 0 Å². The first-order chi connectivity index (χ1) is 5.15. The van der Waals surface area contributed by atoms with Crippen molar-refractivity contribution in [3.05, 3.63) is 25.3 Å². The van der Waals surface area contributed by atoms with E-state index in [-0.39, 0.29) is 29.6 Å². The first kappa shape index (κ1) is 17.9. The van der Waals surface area contributed by atoms with Crippen molar-refractivity contribution in [1.82, 2.24) is 0 Å². The van der Waals surface area contributed by atoms with Crippen molar-refractivity contribution in [2.45, 2.75) is 6.92 Å². The maximum atomic E-state index is 8.89. The van der Waals surface area contributed by atoms with Gasteiger partial charge in [-0.25, -0.2) is 0 Å². The van der Waals surface area contributed by atoms with Crippen LogP contribution < -0.4 is 34.7 Å². The van der Waals surface area contributed by atoms with Gasteiger partial charge in [-0.05, 0) is 6.92 Å². The summed E-state index contributed by atoms with van der Waals surface area (Å²) in [5.74, 6) is -1.08. The Morgan fingerprint density at radius 1 is 1.42 bits per heavy atom. The van der Waals surface area contributed by atoms with Crippen LogP contribution in [0.1, 0.15) is 6.92 Å². The Morgan fingerprint density at radius 2 is 1.67 bits per heavy atom. The van der Waals surface area contributed by atoms with Crippen molar-refractivity contribution in [1.29, 1.82) is 0 Å². The number of aliphatic carboxylic acids is 1. The predicted octanol–water partition coefficient (Wildman–Crippen LogP) is -2.86. The number of hydrogen-bond donors (Lipinski definition) is 0. The molecule has 0 heterocycles. The van der Waals surface area contributed by atoms with Crippen molar-refractivity contribution < 1.29 is 44.2 Å². The topological polar surface area (TPSA) is 49.4 Å². The number of hydrogen-bond acceptors (Lipinski definition) is 3. The second-order valence-electron chi connectivity index (χ2n) is 1.61. The summed E-state index contributed by atoms with van der Waals surface area (Å²) in [4.78, 5) is 8.89. The number of ether oxygens (including phenoxy) is 1. The largest absolute Gasteiger partial charge is 1.00 e. The summed E-state index contributed by atoms with van der Waals surface area (Å²) >= 11 is 0. The average Bonchev–Trinajstić information content (AvgIpc) is 1.88. The molecule has 0 unspecified atom stereocenters. The van der Waals surface area contributed by atoms with Crippen LogP contribution in [0.15, 0.2) is 25.3 Å². The van der Waals surface area contributed by atoms with Gasteiger partial charge in [0.2, 0.25) is 0 Å². The molecule has 0 aliphatic heterocycles. The van der Waals surface area contributed by atoms with Crippen LogP contribution in [0.4, 0.5) is 0 Å². The van der Waals surface area contributed by atoms with Crippen LogP contribution in [-0.2, 0) is 9.53 Å². The molecule has 0 aliphatic rings. The second-order valence-corrected chi connectivity index (χ2v) is 1.61. The molecular formula is C8H13NaO3. The Balaban J connectivity index is -0.000000142. The van der Waals surface area contributed by atoms with E-state index in [1.54, 1.807) is 12.2 Å². The van der Waals surface area contributed by atoms with Crippen LogP contribution in [0.2, 0.25) is 0 Å². The van der Waals surface area contributed by atoms with Gasteiger partial charge >= 0.3 is 29.6 Å². The molecule has 0 fully saturated rings. The third kappa shape index (κ3) is 51.5. The summed E-state index contributed by atoms with van der Waals surface area (Å²) in [6.45, 7) is 9.15. The second kappa shape index (κ2) is 17.1. The zero-order valence-electron chi connectivity index (χ0n) is 7.71. The van der Waals surface area contributed by atoms with Crippen molar-refractivity contribution in [3.8, 4) is 0 Å². The zero-order chi connectivity index (χ0) is 9.11. The van der Waals surface area contributed by atoms with Gasteiger partial charge in [-0.1, -0.05) is 12.2 Å².